The highest BCUT2D eigenvalue weighted by Gasteiger charge is 2.28. The Morgan fingerprint density at radius 3 is 2.54 bits per heavy atom. The molecule has 1 amide bonds. The van der Waals surface area contributed by atoms with E-state index in [0.29, 0.717) is 11.3 Å². The average molecular weight is 392 g/mol. The van der Waals surface area contributed by atoms with Crippen LogP contribution in [0.25, 0.3) is 0 Å². The molecule has 0 aliphatic rings. The Labute approximate surface area is 158 Å². The van der Waals surface area contributed by atoms with Crippen LogP contribution in [0.15, 0.2) is 42.5 Å². The first-order valence-electron chi connectivity index (χ1n) is 7.95. The van der Waals surface area contributed by atoms with Gasteiger partial charge >= 0.3 is 6.18 Å². The lowest BCUT2D eigenvalue weighted by Gasteiger charge is -2.12. The zero-order valence-corrected chi connectivity index (χ0v) is 14.7. The van der Waals surface area contributed by atoms with Gasteiger partial charge in [0, 0.05) is 11.3 Å². The van der Waals surface area contributed by atoms with Gasteiger partial charge in [-0.3, -0.25) is 9.59 Å². The van der Waals surface area contributed by atoms with Gasteiger partial charge in [0.2, 0.25) is 0 Å². The molecule has 0 aromatic heterocycles. The first kappa shape index (κ1) is 20.8. The molecule has 0 heterocycles. The maximum absolute atomic E-state index is 12.2. The molecule has 146 valence electrons. The molecule has 0 spiro atoms. The minimum atomic E-state index is -4.53. The van der Waals surface area contributed by atoms with Crippen LogP contribution in [0, 0.1) is 11.3 Å². The molecule has 2 aromatic rings. The predicted molar refractivity (Wildman–Crippen MR) is 93.3 cm³/mol. The minimum absolute atomic E-state index is 0.147. The molecular weight excluding hydrogens is 377 g/mol. The summed E-state index contributed by atoms with van der Waals surface area (Å²) >= 11 is 0. The summed E-state index contributed by atoms with van der Waals surface area (Å²) in [5, 5.41) is 11.5. The van der Waals surface area contributed by atoms with E-state index in [-0.39, 0.29) is 29.4 Å². The van der Waals surface area contributed by atoms with Crippen molar-refractivity contribution in [3.8, 4) is 17.6 Å². The Hall–Kier alpha value is -3.54. The number of anilines is 1. The quantitative estimate of drug-likeness (QED) is 0.726. The smallest absolute Gasteiger partial charge is 0.422 e. The summed E-state index contributed by atoms with van der Waals surface area (Å²) in [5.41, 5.74) is 0.477. The molecule has 0 aliphatic carbocycles. The van der Waals surface area contributed by atoms with E-state index in [1.54, 1.807) is 24.3 Å². The largest absolute Gasteiger partial charge is 0.484 e. The Bertz CT molecular complexity index is 920. The summed E-state index contributed by atoms with van der Waals surface area (Å²) in [4.78, 5) is 23.3. The lowest BCUT2D eigenvalue weighted by Crippen LogP contribution is -2.21. The third kappa shape index (κ3) is 6.32. The van der Waals surface area contributed by atoms with Crippen LogP contribution in [0.4, 0.5) is 18.9 Å². The molecule has 2 aromatic carbocycles. The normalized spacial score (nSPS) is 10.7. The molecule has 1 N–H and O–H groups in total. The second-order valence-electron chi connectivity index (χ2n) is 5.65. The zero-order chi connectivity index (χ0) is 20.7. The minimum Gasteiger partial charge on any atom is -0.484 e. The molecule has 0 saturated carbocycles. The highest BCUT2D eigenvalue weighted by atomic mass is 19.4. The second-order valence-corrected chi connectivity index (χ2v) is 5.65. The van der Waals surface area contributed by atoms with Crippen LogP contribution >= 0.6 is 0 Å². The maximum atomic E-state index is 12.2. The van der Waals surface area contributed by atoms with Crippen molar-refractivity contribution < 1.29 is 32.2 Å². The van der Waals surface area contributed by atoms with Gasteiger partial charge < -0.3 is 14.8 Å². The van der Waals surface area contributed by atoms with Gasteiger partial charge in [-0.15, -0.1) is 0 Å². The predicted octanol–water partition coefficient (Wildman–Crippen LogP) is 3.72. The summed E-state index contributed by atoms with van der Waals surface area (Å²) in [6.07, 6.45) is -4.53. The standard InChI is InChI=1S/C19H15F3N2O4/c1-12(25)13-3-2-4-16(8-13)27-10-18(26)24-15-5-6-17(14(7-15)9-23)28-11-19(20,21)22/h2-8H,10-11H2,1H3,(H,24,26). The number of ether oxygens (including phenoxy) is 2. The van der Waals surface area contributed by atoms with Crippen molar-refractivity contribution in [3.05, 3.63) is 53.6 Å². The number of hydrogen-bond acceptors (Lipinski definition) is 5. The van der Waals surface area contributed by atoms with Crippen LogP contribution in [0.5, 0.6) is 11.5 Å². The Morgan fingerprint density at radius 1 is 1.14 bits per heavy atom. The Balaban J connectivity index is 1.97. The first-order valence-corrected chi connectivity index (χ1v) is 7.95. The van der Waals surface area contributed by atoms with Crippen molar-refractivity contribution in [2.24, 2.45) is 0 Å². The van der Waals surface area contributed by atoms with Crippen molar-refractivity contribution in [2.75, 3.05) is 18.5 Å². The lowest BCUT2D eigenvalue weighted by molar-refractivity contribution is -0.153. The molecule has 6 nitrogen and oxygen atoms in total. The van der Waals surface area contributed by atoms with Gasteiger partial charge in [-0.05, 0) is 37.3 Å². The molecule has 2 rings (SSSR count). The number of ketones is 1. The number of nitriles is 1. The maximum Gasteiger partial charge on any atom is 0.422 e. The van der Waals surface area contributed by atoms with Gasteiger partial charge in [-0.1, -0.05) is 12.1 Å². The van der Waals surface area contributed by atoms with Crippen LogP contribution in [-0.4, -0.2) is 31.1 Å². The molecule has 0 bridgehead atoms. The van der Waals surface area contributed by atoms with Crippen LogP contribution < -0.4 is 14.8 Å². The molecule has 0 aliphatic heterocycles. The van der Waals surface area contributed by atoms with Crippen molar-refractivity contribution >= 4 is 17.4 Å². The van der Waals surface area contributed by atoms with Gasteiger partial charge in [0.25, 0.3) is 5.91 Å². The van der Waals surface area contributed by atoms with Crippen LogP contribution in [0.2, 0.25) is 0 Å². The lowest BCUT2D eigenvalue weighted by atomic mass is 10.1. The van der Waals surface area contributed by atoms with Crippen molar-refractivity contribution in [2.45, 2.75) is 13.1 Å². The summed E-state index contributed by atoms with van der Waals surface area (Å²) in [6.45, 7) is -0.489. The number of benzene rings is 2. The summed E-state index contributed by atoms with van der Waals surface area (Å²) < 4.78 is 46.6. The molecule has 0 atom stereocenters. The SMILES string of the molecule is CC(=O)c1cccc(OCC(=O)Nc2ccc(OCC(F)(F)F)c(C#N)c2)c1. The molecular formula is C19H15F3N2O4. The number of alkyl halides is 3. The Morgan fingerprint density at radius 2 is 1.89 bits per heavy atom. The number of Topliss-reactive ketones (excluding diaryl/α,β-unsaturated/α-hetero) is 1. The number of halogens is 3. The monoisotopic (exact) mass is 392 g/mol. The zero-order valence-electron chi connectivity index (χ0n) is 14.7. The fourth-order valence-corrected chi connectivity index (χ4v) is 2.13. The van der Waals surface area contributed by atoms with Gasteiger partial charge in [0.15, 0.2) is 19.0 Å². The van der Waals surface area contributed by atoms with E-state index in [4.69, 9.17) is 10.00 Å². The number of nitrogens with one attached hydrogen (secondary N) is 1. The number of carbonyl (C=O) groups excluding carboxylic acids is 2. The highest BCUT2D eigenvalue weighted by molar-refractivity contribution is 5.94. The van der Waals surface area contributed by atoms with E-state index >= 15 is 0 Å². The number of nitrogens with zero attached hydrogens (tertiary/aromatic N) is 1. The third-order valence-electron chi connectivity index (χ3n) is 3.39. The average Bonchev–Trinajstić information content (AvgIpc) is 2.64. The number of hydrogen-bond donors (Lipinski definition) is 1. The van der Waals surface area contributed by atoms with Crippen LogP contribution in [0.3, 0.4) is 0 Å². The molecule has 0 unspecified atom stereocenters. The van der Waals surface area contributed by atoms with E-state index in [1.165, 1.54) is 25.1 Å². The fourth-order valence-electron chi connectivity index (χ4n) is 2.13. The third-order valence-corrected chi connectivity index (χ3v) is 3.39. The van der Waals surface area contributed by atoms with Gasteiger partial charge in [-0.25, -0.2) is 0 Å². The van der Waals surface area contributed by atoms with E-state index in [2.05, 4.69) is 10.1 Å². The van der Waals surface area contributed by atoms with E-state index in [0.717, 1.165) is 6.07 Å². The summed E-state index contributed by atoms with van der Waals surface area (Å²) in [6, 6.07) is 11.7. The van der Waals surface area contributed by atoms with Crippen LogP contribution in [-0.2, 0) is 4.79 Å². The molecule has 28 heavy (non-hydrogen) atoms. The molecule has 0 fully saturated rings. The highest BCUT2D eigenvalue weighted by Crippen LogP contribution is 2.25. The fraction of sp³-hybridized carbons (Fsp3) is 0.211. The first-order chi connectivity index (χ1) is 13.2. The van der Waals surface area contributed by atoms with Gasteiger partial charge in [0.05, 0.1) is 5.56 Å². The van der Waals surface area contributed by atoms with E-state index in [9.17, 15) is 22.8 Å². The van der Waals surface area contributed by atoms with Gasteiger partial charge in [0.1, 0.15) is 17.6 Å². The second kappa shape index (κ2) is 8.90. The van der Waals surface area contributed by atoms with Crippen molar-refractivity contribution in [3.63, 3.8) is 0 Å². The van der Waals surface area contributed by atoms with Crippen LogP contribution in [0.1, 0.15) is 22.8 Å². The molecule has 0 radical (unpaired) electrons. The van der Waals surface area contributed by atoms with Crippen molar-refractivity contribution in [1.29, 1.82) is 5.26 Å². The number of carbonyl (C=O) groups is 2. The Kier molecular flexibility index (Phi) is 6.60. The van der Waals surface area contributed by atoms with Crippen molar-refractivity contribution in [1.82, 2.24) is 0 Å². The van der Waals surface area contributed by atoms with E-state index < -0.39 is 18.7 Å². The summed E-state index contributed by atoms with van der Waals surface area (Å²) in [7, 11) is 0. The molecule has 9 heteroatoms. The van der Waals surface area contributed by atoms with E-state index in [1.807, 2.05) is 0 Å². The summed E-state index contributed by atoms with van der Waals surface area (Å²) in [5.74, 6) is -0.612. The molecule has 0 saturated heterocycles. The van der Waals surface area contributed by atoms with Gasteiger partial charge in [-0.2, -0.15) is 18.4 Å². The topological polar surface area (TPSA) is 88.4 Å². The number of amides is 1. The number of rotatable bonds is 7.